The van der Waals surface area contributed by atoms with Crippen LogP contribution in [-0.2, 0) is 0 Å². The van der Waals surface area contributed by atoms with E-state index in [1.807, 2.05) is 24.3 Å². The Balaban J connectivity index is 1.25. The van der Waals surface area contributed by atoms with Crippen molar-refractivity contribution in [1.82, 2.24) is 0 Å². The lowest BCUT2D eigenvalue weighted by Gasteiger charge is -2.18. The molecule has 0 fully saturated rings. The minimum absolute atomic E-state index is 0.912. The Morgan fingerprint density at radius 2 is 0.727 bits per heavy atom. The van der Waals surface area contributed by atoms with E-state index in [2.05, 4.69) is 121 Å². The number of hydrogen-bond donors (Lipinski definition) is 0. The molecular formula is C42H24O2. The summed E-state index contributed by atoms with van der Waals surface area (Å²) in [4.78, 5) is 0. The monoisotopic (exact) mass is 560 g/mol. The zero-order chi connectivity index (χ0) is 28.8. The molecule has 0 saturated heterocycles. The Morgan fingerprint density at radius 3 is 1.34 bits per heavy atom. The first kappa shape index (κ1) is 23.7. The van der Waals surface area contributed by atoms with Crippen molar-refractivity contribution in [1.29, 1.82) is 0 Å². The van der Waals surface area contributed by atoms with Crippen LogP contribution in [0, 0.1) is 0 Å². The highest BCUT2D eigenvalue weighted by Crippen LogP contribution is 2.45. The smallest absolute Gasteiger partial charge is 0.136 e. The van der Waals surface area contributed by atoms with E-state index in [9.17, 15) is 0 Å². The first-order valence-corrected chi connectivity index (χ1v) is 15.0. The van der Waals surface area contributed by atoms with Crippen LogP contribution in [-0.4, -0.2) is 0 Å². The maximum absolute atomic E-state index is 6.26. The quantitative estimate of drug-likeness (QED) is 0.197. The highest BCUT2D eigenvalue weighted by molar-refractivity contribution is 6.22. The van der Waals surface area contributed by atoms with Crippen LogP contribution in [0.4, 0.5) is 0 Å². The van der Waals surface area contributed by atoms with Gasteiger partial charge in [-0.05, 0) is 97.0 Å². The molecule has 2 aromatic heterocycles. The number of hydrogen-bond acceptors (Lipinski definition) is 2. The number of fused-ring (bicyclic) bond motifs is 9. The van der Waals surface area contributed by atoms with Gasteiger partial charge in [0.05, 0.1) is 0 Å². The fourth-order valence-corrected chi connectivity index (χ4v) is 7.26. The van der Waals surface area contributed by atoms with Gasteiger partial charge >= 0.3 is 0 Å². The average molecular weight is 561 g/mol. The molecule has 0 spiro atoms. The summed E-state index contributed by atoms with van der Waals surface area (Å²) >= 11 is 0. The Bertz CT molecular complexity index is 2720. The van der Waals surface area contributed by atoms with Crippen LogP contribution in [0.1, 0.15) is 0 Å². The van der Waals surface area contributed by atoms with E-state index in [0.29, 0.717) is 0 Å². The number of para-hydroxylation sites is 2. The summed E-state index contributed by atoms with van der Waals surface area (Å²) in [6.07, 6.45) is 0. The van der Waals surface area contributed by atoms with Crippen molar-refractivity contribution in [2.24, 2.45) is 0 Å². The molecule has 0 N–H and O–H groups in total. The molecule has 2 heteroatoms. The Morgan fingerprint density at radius 1 is 0.273 bits per heavy atom. The van der Waals surface area contributed by atoms with Gasteiger partial charge in [-0.15, -0.1) is 0 Å². The zero-order valence-corrected chi connectivity index (χ0v) is 23.7. The fourth-order valence-electron chi connectivity index (χ4n) is 7.26. The largest absolute Gasteiger partial charge is 0.456 e. The van der Waals surface area contributed by atoms with Gasteiger partial charge in [0.15, 0.2) is 0 Å². The number of furan rings is 2. The predicted molar refractivity (Wildman–Crippen MR) is 184 cm³/mol. The minimum Gasteiger partial charge on any atom is -0.456 e. The Kier molecular flexibility index (Phi) is 4.75. The van der Waals surface area contributed by atoms with E-state index in [4.69, 9.17) is 8.83 Å². The average Bonchev–Trinajstić information content (AvgIpc) is 3.63. The molecule has 0 saturated carbocycles. The normalized spacial score (nSPS) is 12.1. The fraction of sp³-hybridized carbons (Fsp3) is 0. The van der Waals surface area contributed by atoms with Crippen LogP contribution in [0.3, 0.4) is 0 Å². The van der Waals surface area contributed by atoms with E-state index >= 15 is 0 Å². The molecule has 10 rings (SSSR count). The number of benzene rings is 8. The van der Waals surface area contributed by atoms with Crippen LogP contribution < -0.4 is 0 Å². The molecule has 0 aliphatic carbocycles. The molecule has 2 nitrogen and oxygen atoms in total. The van der Waals surface area contributed by atoms with E-state index < -0.39 is 0 Å². The highest BCUT2D eigenvalue weighted by atomic mass is 16.3. The second-order valence-corrected chi connectivity index (χ2v) is 11.7. The lowest BCUT2D eigenvalue weighted by atomic mass is 9.85. The molecule has 44 heavy (non-hydrogen) atoms. The molecule has 0 amide bonds. The van der Waals surface area contributed by atoms with Crippen LogP contribution in [0.5, 0.6) is 0 Å². The van der Waals surface area contributed by atoms with Crippen molar-refractivity contribution < 1.29 is 8.83 Å². The van der Waals surface area contributed by atoms with E-state index in [-0.39, 0.29) is 0 Å². The van der Waals surface area contributed by atoms with Crippen LogP contribution in [0.25, 0.3) is 98.4 Å². The van der Waals surface area contributed by atoms with Gasteiger partial charge in [0.1, 0.15) is 22.3 Å². The van der Waals surface area contributed by atoms with Crippen molar-refractivity contribution in [2.45, 2.75) is 0 Å². The SMILES string of the molecule is c1ccc2c(c1)oc1ccc(-c3c4ccccc4c(-c4ccc5cc6c(cc5c4)oc4ccccc46)c4ccccc34)cc12. The van der Waals surface area contributed by atoms with Gasteiger partial charge in [-0.2, -0.15) is 0 Å². The number of rotatable bonds is 2. The first-order chi connectivity index (χ1) is 21.8. The molecule has 2 heterocycles. The third-order valence-corrected chi connectivity index (χ3v) is 9.22. The van der Waals surface area contributed by atoms with Crippen LogP contribution >= 0.6 is 0 Å². The van der Waals surface area contributed by atoms with Gasteiger partial charge in [0, 0.05) is 21.5 Å². The van der Waals surface area contributed by atoms with Crippen molar-refractivity contribution in [3.8, 4) is 22.3 Å². The molecule has 10 aromatic rings. The van der Waals surface area contributed by atoms with E-state index in [1.54, 1.807) is 0 Å². The first-order valence-electron chi connectivity index (χ1n) is 15.0. The van der Waals surface area contributed by atoms with Gasteiger partial charge in [0.2, 0.25) is 0 Å². The van der Waals surface area contributed by atoms with E-state index in [0.717, 1.165) is 43.9 Å². The summed E-state index contributed by atoms with van der Waals surface area (Å²) < 4.78 is 12.4. The Hall–Kier alpha value is -5.86. The summed E-state index contributed by atoms with van der Waals surface area (Å²) in [6.45, 7) is 0. The minimum atomic E-state index is 0.912. The second kappa shape index (κ2) is 8.82. The molecule has 8 aromatic carbocycles. The highest BCUT2D eigenvalue weighted by Gasteiger charge is 2.18. The van der Waals surface area contributed by atoms with Crippen molar-refractivity contribution in [3.05, 3.63) is 146 Å². The van der Waals surface area contributed by atoms with Gasteiger partial charge in [-0.3, -0.25) is 0 Å². The summed E-state index contributed by atoms with van der Waals surface area (Å²) in [5.41, 5.74) is 8.56. The summed E-state index contributed by atoms with van der Waals surface area (Å²) in [6, 6.07) is 52.1. The third-order valence-electron chi connectivity index (χ3n) is 9.22. The molecular weight excluding hydrogens is 536 g/mol. The van der Waals surface area contributed by atoms with Gasteiger partial charge < -0.3 is 8.83 Å². The standard InChI is InChI=1S/C42H24O2/c1-3-13-33-31(11-1)41(26-18-17-25-22-36-30-10-6-8-16-38(30)44-40(36)24-28(25)21-26)32-12-2-4-14-34(32)42(33)27-19-20-39-35(23-27)29-9-5-7-15-37(29)43-39/h1-24H. The second-order valence-electron chi connectivity index (χ2n) is 11.7. The molecule has 0 aliphatic heterocycles. The molecule has 0 atom stereocenters. The molecule has 0 bridgehead atoms. The van der Waals surface area contributed by atoms with Gasteiger partial charge in [-0.1, -0.05) is 103 Å². The topological polar surface area (TPSA) is 26.3 Å². The molecule has 0 aliphatic rings. The third kappa shape index (κ3) is 3.31. The van der Waals surface area contributed by atoms with Gasteiger partial charge in [0.25, 0.3) is 0 Å². The maximum Gasteiger partial charge on any atom is 0.136 e. The summed E-state index contributed by atoms with van der Waals surface area (Å²) in [5, 5.41) is 11.9. The molecule has 0 unspecified atom stereocenters. The predicted octanol–water partition coefficient (Wildman–Crippen LogP) is 12.3. The van der Waals surface area contributed by atoms with Crippen molar-refractivity contribution in [2.75, 3.05) is 0 Å². The summed E-state index contributed by atoms with van der Waals surface area (Å²) in [7, 11) is 0. The lowest BCUT2D eigenvalue weighted by Crippen LogP contribution is -1.91. The summed E-state index contributed by atoms with van der Waals surface area (Å²) in [5.74, 6) is 0. The van der Waals surface area contributed by atoms with Crippen LogP contribution in [0.2, 0.25) is 0 Å². The van der Waals surface area contributed by atoms with Gasteiger partial charge in [-0.25, -0.2) is 0 Å². The molecule has 204 valence electrons. The zero-order valence-electron chi connectivity index (χ0n) is 23.7. The van der Waals surface area contributed by atoms with Crippen LogP contribution in [0.15, 0.2) is 154 Å². The van der Waals surface area contributed by atoms with Crippen molar-refractivity contribution in [3.63, 3.8) is 0 Å². The van der Waals surface area contributed by atoms with Crippen molar-refractivity contribution >= 4 is 76.2 Å². The van der Waals surface area contributed by atoms with E-state index in [1.165, 1.54) is 54.6 Å². The Labute approximate surface area is 252 Å². The maximum atomic E-state index is 6.26. The lowest BCUT2D eigenvalue weighted by molar-refractivity contribution is 0.669. The molecule has 0 radical (unpaired) electrons.